The summed E-state index contributed by atoms with van der Waals surface area (Å²) in [6.07, 6.45) is 1.67. The third-order valence-electron chi connectivity index (χ3n) is 1.92. The van der Waals surface area contributed by atoms with E-state index in [2.05, 4.69) is 4.99 Å². The first-order valence-corrected chi connectivity index (χ1v) is 4.08. The number of nitrogens with zero attached hydrogens (tertiary/aromatic N) is 1. The number of hydrogen-bond donors (Lipinski definition) is 1. The smallest absolute Gasteiger partial charge is 0.168 e. The molecule has 13 heavy (non-hydrogen) atoms. The van der Waals surface area contributed by atoms with Crippen LogP contribution in [0.2, 0.25) is 0 Å². The predicted molar refractivity (Wildman–Crippen MR) is 50.7 cm³/mol. The summed E-state index contributed by atoms with van der Waals surface area (Å²) in [5.41, 5.74) is 1.26. The quantitative estimate of drug-likeness (QED) is 0.698. The molecule has 1 rings (SSSR count). The van der Waals surface area contributed by atoms with Crippen molar-refractivity contribution in [1.29, 1.82) is 0 Å². The number of aromatic hydroxyl groups is 1. The molecule has 3 heteroatoms. The fraction of sp³-hybridized carbons (Fsp3) is 0.300. The minimum Gasteiger partial charge on any atom is -0.505 e. The molecule has 0 bridgehead atoms. The van der Waals surface area contributed by atoms with Gasteiger partial charge in [-0.05, 0) is 37.3 Å². The summed E-state index contributed by atoms with van der Waals surface area (Å²) in [5.74, 6) is -0.856. The molecule has 0 radical (unpaired) electrons. The molecule has 2 nitrogen and oxygen atoms in total. The third kappa shape index (κ3) is 2.05. The zero-order valence-electron chi connectivity index (χ0n) is 7.71. The van der Waals surface area contributed by atoms with Crippen LogP contribution in [-0.2, 0) is 6.54 Å². The maximum absolute atomic E-state index is 13.1. The van der Waals surface area contributed by atoms with Crippen LogP contribution in [0, 0.1) is 12.7 Å². The summed E-state index contributed by atoms with van der Waals surface area (Å²) in [6.45, 7) is 3.90. The number of rotatable bonds is 2. The second kappa shape index (κ2) is 4.03. The molecule has 1 aromatic carbocycles. The van der Waals surface area contributed by atoms with Crippen LogP contribution in [0.25, 0.3) is 0 Å². The highest BCUT2D eigenvalue weighted by Crippen LogP contribution is 2.22. The van der Waals surface area contributed by atoms with E-state index in [1.807, 2.05) is 6.92 Å². The number of phenolic OH excluding ortho intramolecular Hbond substituents is 1. The summed E-state index contributed by atoms with van der Waals surface area (Å²) in [6, 6.07) is 3.03. The molecule has 0 aliphatic heterocycles. The summed E-state index contributed by atoms with van der Waals surface area (Å²) in [5, 5.41) is 9.04. The molecule has 0 fully saturated rings. The number of benzene rings is 1. The molecule has 0 aliphatic carbocycles. The molecule has 0 amide bonds. The molecule has 0 saturated carbocycles. The summed E-state index contributed by atoms with van der Waals surface area (Å²) in [4.78, 5) is 4.00. The fourth-order valence-corrected chi connectivity index (χ4v) is 1.07. The lowest BCUT2D eigenvalue weighted by atomic mass is 10.1. The van der Waals surface area contributed by atoms with E-state index in [1.54, 1.807) is 19.2 Å². The van der Waals surface area contributed by atoms with Crippen molar-refractivity contribution < 1.29 is 9.50 Å². The lowest BCUT2D eigenvalue weighted by molar-refractivity contribution is 0.429. The van der Waals surface area contributed by atoms with E-state index in [0.717, 1.165) is 5.56 Å². The second-order valence-electron chi connectivity index (χ2n) is 2.78. The van der Waals surface area contributed by atoms with Crippen LogP contribution in [-0.4, -0.2) is 11.3 Å². The van der Waals surface area contributed by atoms with Crippen molar-refractivity contribution in [3.05, 3.63) is 29.1 Å². The Bertz CT molecular complexity index is 334. The molecular formula is C10H12FNO. The minimum atomic E-state index is -0.552. The molecule has 0 spiro atoms. The van der Waals surface area contributed by atoms with Gasteiger partial charge < -0.3 is 5.11 Å². The molecule has 0 aliphatic rings. The van der Waals surface area contributed by atoms with Crippen LogP contribution >= 0.6 is 0 Å². The van der Waals surface area contributed by atoms with Crippen LogP contribution in [0.5, 0.6) is 5.75 Å². The van der Waals surface area contributed by atoms with E-state index in [4.69, 9.17) is 5.11 Å². The van der Waals surface area contributed by atoms with Gasteiger partial charge in [-0.25, -0.2) is 4.39 Å². The molecule has 1 aromatic rings. The first-order chi connectivity index (χ1) is 6.16. The largest absolute Gasteiger partial charge is 0.505 e. The SMILES string of the molecule is CC=NCc1ccc(O)c(F)c1C. The van der Waals surface area contributed by atoms with Gasteiger partial charge in [-0.15, -0.1) is 0 Å². The predicted octanol–water partition coefficient (Wildman–Crippen LogP) is 2.43. The van der Waals surface area contributed by atoms with Crippen molar-refractivity contribution in [1.82, 2.24) is 0 Å². The standard InChI is InChI=1S/C10H12FNO/c1-3-12-6-8-4-5-9(13)10(11)7(8)2/h3-5,13H,6H2,1-2H3. The van der Waals surface area contributed by atoms with Crippen LogP contribution in [0.15, 0.2) is 17.1 Å². The van der Waals surface area contributed by atoms with Gasteiger partial charge in [-0.3, -0.25) is 4.99 Å². The van der Waals surface area contributed by atoms with Crippen molar-refractivity contribution in [2.45, 2.75) is 20.4 Å². The van der Waals surface area contributed by atoms with Crippen LogP contribution in [0.3, 0.4) is 0 Å². The Morgan fingerprint density at radius 3 is 2.85 bits per heavy atom. The second-order valence-corrected chi connectivity index (χ2v) is 2.78. The molecule has 0 saturated heterocycles. The highest BCUT2D eigenvalue weighted by atomic mass is 19.1. The van der Waals surface area contributed by atoms with Gasteiger partial charge in [0.15, 0.2) is 11.6 Å². The molecule has 0 atom stereocenters. The topological polar surface area (TPSA) is 32.6 Å². The third-order valence-corrected chi connectivity index (χ3v) is 1.92. The summed E-state index contributed by atoms with van der Waals surface area (Å²) < 4.78 is 13.1. The Morgan fingerprint density at radius 2 is 2.23 bits per heavy atom. The van der Waals surface area contributed by atoms with E-state index >= 15 is 0 Å². The van der Waals surface area contributed by atoms with Crippen LogP contribution in [0.4, 0.5) is 4.39 Å². The van der Waals surface area contributed by atoms with E-state index in [1.165, 1.54) is 6.07 Å². The van der Waals surface area contributed by atoms with E-state index in [9.17, 15) is 4.39 Å². The van der Waals surface area contributed by atoms with Gasteiger partial charge in [0.25, 0.3) is 0 Å². The van der Waals surface area contributed by atoms with Crippen molar-refractivity contribution in [2.24, 2.45) is 4.99 Å². The summed E-state index contributed by atoms with van der Waals surface area (Å²) in [7, 11) is 0. The summed E-state index contributed by atoms with van der Waals surface area (Å²) >= 11 is 0. The van der Waals surface area contributed by atoms with Gasteiger partial charge in [0, 0.05) is 0 Å². The lowest BCUT2D eigenvalue weighted by Gasteiger charge is -2.04. The van der Waals surface area contributed by atoms with Crippen molar-refractivity contribution in [2.75, 3.05) is 0 Å². The van der Waals surface area contributed by atoms with Gasteiger partial charge in [0.1, 0.15) is 0 Å². The molecule has 0 heterocycles. The molecular weight excluding hydrogens is 169 g/mol. The zero-order chi connectivity index (χ0) is 9.84. The number of hydrogen-bond acceptors (Lipinski definition) is 2. The monoisotopic (exact) mass is 181 g/mol. The average molecular weight is 181 g/mol. The fourth-order valence-electron chi connectivity index (χ4n) is 1.07. The Labute approximate surface area is 76.7 Å². The maximum Gasteiger partial charge on any atom is 0.168 e. The normalized spacial score (nSPS) is 11.0. The Hall–Kier alpha value is -1.38. The highest BCUT2D eigenvalue weighted by molar-refractivity contribution is 5.53. The molecule has 1 N–H and O–H groups in total. The van der Waals surface area contributed by atoms with Crippen molar-refractivity contribution >= 4 is 6.21 Å². The Balaban J connectivity index is 3.03. The molecule has 70 valence electrons. The maximum atomic E-state index is 13.1. The first-order valence-electron chi connectivity index (χ1n) is 4.08. The number of phenols is 1. The minimum absolute atomic E-state index is 0.304. The lowest BCUT2D eigenvalue weighted by Crippen LogP contribution is -1.91. The van der Waals surface area contributed by atoms with E-state index in [0.29, 0.717) is 12.1 Å². The van der Waals surface area contributed by atoms with Gasteiger partial charge >= 0.3 is 0 Å². The van der Waals surface area contributed by atoms with E-state index in [-0.39, 0.29) is 5.75 Å². The van der Waals surface area contributed by atoms with Gasteiger partial charge in [-0.2, -0.15) is 0 Å². The van der Waals surface area contributed by atoms with Gasteiger partial charge in [-0.1, -0.05) is 6.07 Å². The Kier molecular flexibility index (Phi) is 3.01. The van der Waals surface area contributed by atoms with Crippen molar-refractivity contribution in [3.63, 3.8) is 0 Å². The van der Waals surface area contributed by atoms with Crippen molar-refractivity contribution in [3.8, 4) is 5.75 Å². The number of aliphatic imine (C=N–C) groups is 1. The molecule has 0 aromatic heterocycles. The van der Waals surface area contributed by atoms with Gasteiger partial charge in [0.2, 0.25) is 0 Å². The average Bonchev–Trinajstić information content (AvgIpc) is 2.13. The van der Waals surface area contributed by atoms with E-state index < -0.39 is 5.82 Å². The Morgan fingerprint density at radius 1 is 1.54 bits per heavy atom. The number of halogens is 1. The van der Waals surface area contributed by atoms with Gasteiger partial charge in [0.05, 0.1) is 6.54 Å². The first kappa shape index (κ1) is 9.71. The van der Waals surface area contributed by atoms with Crippen LogP contribution in [0.1, 0.15) is 18.1 Å². The highest BCUT2D eigenvalue weighted by Gasteiger charge is 2.07. The van der Waals surface area contributed by atoms with Crippen LogP contribution < -0.4 is 0 Å². The molecule has 0 unspecified atom stereocenters. The zero-order valence-corrected chi connectivity index (χ0v) is 7.71.